The number of hydrogen-bond donors (Lipinski definition) is 0. The fourth-order valence-electron chi connectivity index (χ4n) is 1.23. The summed E-state index contributed by atoms with van der Waals surface area (Å²) in [5.74, 6) is -0.00569. The summed E-state index contributed by atoms with van der Waals surface area (Å²) >= 11 is 0. The number of benzene rings is 1. The molecule has 1 amide bonds. The van der Waals surface area contributed by atoms with Crippen LogP contribution in [0.4, 0.5) is 0 Å². The van der Waals surface area contributed by atoms with E-state index in [0.717, 1.165) is 5.56 Å². The molecule has 0 radical (unpaired) electrons. The Morgan fingerprint density at radius 1 is 1.29 bits per heavy atom. The average molecular weight is 189 g/mol. The molecule has 0 unspecified atom stereocenters. The maximum atomic E-state index is 11.5. The Bertz CT molecular complexity index is 327. The van der Waals surface area contributed by atoms with Gasteiger partial charge in [-0.15, -0.1) is 0 Å². The van der Waals surface area contributed by atoms with Gasteiger partial charge in [0.05, 0.1) is 0 Å². The molecule has 0 aliphatic carbocycles. The van der Waals surface area contributed by atoms with Gasteiger partial charge in [-0.3, -0.25) is 4.79 Å². The molecule has 0 aromatic heterocycles. The van der Waals surface area contributed by atoms with Gasteiger partial charge in [-0.25, -0.2) is 0 Å². The second-order valence-electron chi connectivity index (χ2n) is 3.47. The van der Waals surface area contributed by atoms with Crippen molar-refractivity contribution in [3.63, 3.8) is 0 Å². The van der Waals surface area contributed by atoms with Crippen LogP contribution in [-0.4, -0.2) is 24.9 Å². The molecule has 0 N–H and O–H groups in total. The molecule has 0 aliphatic rings. The molecule has 0 heterocycles. The van der Waals surface area contributed by atoms with Crippen LogP contribution in [-0.2, 0) is 11.2 Å². The number of nitrogens with zero attached hydrogens (tertiary/aromatic N) is 1. The van der Waals surface area contributed by atoms with Gasteiger partial charge in [0, 0.05) is 26.1 Å². The molecule has 0 spiro atoms. The van der Waals surface area contributed by atoms with Crippen molar-refractivity contribution in [3.05, 3.63) is 48.0 Å². The third kappa shape index (κ3) is 2.73. The van der Waals surface area contributed by atoms with Gasteiger partial charge in [0.1, 0.15) is 0 Å². The van der Waals surface area contributed by atoms with Gasteiger partial charge in [-0.2, -0.15) is 0 Å². The standard InChI is InChI=1S/C12H15NO/c1-10(12(14)13(2)3)9-11-7-5-4-6-8-11/h4-8H,1,9H2,2-3H3. The highest BCUT2D eigenvalue weighted by Gasteiger charge is 2.08. The van der Waals surface area contributed by atoms with Crippen LogP contribution in [0.15, 0.2) is 42.5 Å². The molecule has 0 aliphatic heterocycles. The summed E-state index contributed by atoms with van der Waals surface area (Å²) in [6, 6.07) is 9.87. The van der Waals surface area contributed by atoms with Crippen LogP contribution in [0.25, 0.3) is 0 Å². The lowest BCUT2D eigenvalue weighted by Gasteiger charge is -2.12. The molecule has 0 atom stereocenters. The van der Waals surface area contributed by atoms with E-state index >= 15 is 0 Å². The van der Waals surface area contributed by atoms with E-state index in [1.54, 1.807) is 19.0 Å². The fourth-order valence-corrected chi connectivity index (χ4v) is 1.23. The molecule has 74 valence electrons. The first-order valence-corrected chi connectivity index (χ1v) is 4.54. The topological polar surface area (TPSA) is 20.3 Å². The normalized spacial score (nSPS) is 9.57. The van der Waals surface area contributed by atoms with Crippen LogP contribution < -0.4 is 0 Å². The number of carbonyl (C=O) groups is 1. The molecule has 0 fully saturated rings. The molecule has 0 bridgehead atoms. The summed E-state index contributed by atoms with van der Waals surface area (Å²) in [5, 5.41) is 0. The van der Waals surface area contributed by atoms with Crippen molar-refractivity contribution >= 4 is 5.91 Å². The Balaban J connectivity index is 2.63. The summed E-state index contributed by atoms with van der Waals surface area (Å²) in [4.78, 5) is 13.0. The van der Waals surface area contributed by atoms with Gasteiger partial charge in [0.2, 0.25) is 5.91 Å². The summed E-state index contributed by atoms with van der Waals surface area (Å²) in [6.45, 7) is 3.78. The lowest BCUT2D eigenvalue weighted by Crippen LogP contribution is -2.23. The molecule has 2 nitrogen and oxygen atoms in total. The predicted octanol–water partition coefficient (Wildman–Crippen LogP) is 1.87. The summed E-state index contributed by atoms with van der Waals surface area (Å²) in [7, 11) is 3.47. The van der Waals surface area contributed by atoms with E-state index in [4.69, 9.17) is 0 Å². The Labute approximate surface area is 84.9 Å². The Hall–Kier alpha value is -1.57. The lowest BCUT2D eigenvalue weighted by atomic mass is 10.1. The molecular formula is C12H15NO. The van der Waals surface area contributed by atoms with Gasteiger partial charge in [0.25, 0.3) is 0 Å². The van der Waals surface area contributed by atoms with E-state index in [1.807, 2.05) is 30.3 Å². The SMILES string of the molecule is C=C(Cc1ccccc1)C(=O)N(C)C. The molecule has 2 heteroatoms. The first kappa shape index (κ1) is 10.5. The largest absolute Gasteiger partial charge is 0.345 e. The molecule has 14 heavy (non-hydrogen) atoms. The number of rotatable bonds is 3. The first-order valence-electron chi connectivity index (χ1n) is 4.54. The zero-order chi connectivity index (χ0) is 10.6. The van der Waals surface area contributed by atoms with Crippen molar-refractivity contribution in [2.45, 2.75) is 6.42 Å². The molecule has 0 saturated carbocycles. The predicted molar refractivity (Wildman–Crippen MR) is 58.0 cm³/mol. The van der Waals surface area contributed by atoms with Crippen LogP contribution in [0, 0.1) is 0 Å². The number of carbonyl (C=O) groups excluding carboxylic acids is 1. The smallest absolute Gasteiger partial charge is 0.248 e. The van der Waals surface area contributed by atoms with Crippen molar-refractivity contribution in [1.29, 1.82) is 0 Å². The van der Waals surface area contributed by atoms with E-state index < -0.39 is 0 Å². The average Bonchev–Trinajstić information content (AvgIpc) is 2.18. The minimum atomic E-state index is -0.00569. The molecule has 1 aromatic carbocycles. The van der Waals surface area contributed by atoms with Crippen molar-refractivity contribution in [2.24, 2.45) is 0 Å². The minimum Gasteiger partial charge on any atom is -0.345 e. The molecular weight excluding hydrogens is 174 g/mol. The Kier molecular flexibility index (Phi) is 3.46. The van der Waals surface area contributed by atoms with Gasteiger partial charge < -0.3 is 4.90 Å². The lowest BCUT2D eigenvalue weighted by molar-refractivity contribution is -0.124. The van der Waals surface area contributed by atoms with Gasteiger partial charge in [-0.05, 0) is 5.56 Å². The van der Waals surface area contributed by atoms with E-state index in [9.17, 15) is 4.79 Å². The summed E-state index contributed by atoms with van der Waals surface area (Å²) in [5.41, 5.74) is 1.74. The first-order chi connectivity index (χ1) is 6.61. The monoisotopic (exact) mass is 189 g/mol. The van der Waals surface area contributed by atoms with Crippen LogP contribution in [0.3, 0.4) is 0 Å². The Morgan fingerprint density at radius 2 is 1.86 bits per heavy atom. The van der Waals surface area contributed by atoms with Crippen LogP contribution in [0.5, 0.6) is 0 Å². The van der Waals surface area contributed by atoms with Crippen molar-refractivity contribution in [2.75, 3.05) is 14.1 Å². The fraction of sp³-hybridized carbons (Fsp3) is 0.250. The minimum absolute atomic E-state index is 0.00569. The van der Waals surface area contributed by atoms with Crippen molar-refractivity contribution in [3.8, 4) is 0 Å². The quantitative estimate of drug-likeness (QED) is 0.665. The molecule has 1 aromatic rings. The van der Waals surface area contributed by atoms with Crippen LogP contribution in [0.2, 0.25) is 0 Å². The van der Waals surface area contributed by atoms with E-state index in [-0.39, 0.29) is 5.91 Å². The maximum Gasteiger partial charge on any atom is 0.248 e. The van der Waals surface area contributed by atoms with Crippen molar-refractivity contribution < 1.29 is 4.79 Å². The molecule has 1 rings (SSSR count). The highest BCUT2D eigenvalue weighted by molar-refractivity contribution is 5.92. The van der Waals surface area contributed by atoms with E-state index in [2.05, 4.69) is 6.58 Å². The van der Waals surface area contributed by atoms with Crippen LogP contribution in [0.1, 0.15) is 5.56 Å². The van der Waals surface area contributed by atoms with Gasteiger partial charge >= 0.3 is 0 Å². The second kappa shape index (κ2) is 4.61. The highest BCUT2D eigenvalue weighted by Crippen LogP contribution is 2.07. The van der Waals surface area contributed by atoms with Crippen LogP contribution >= 0.6 is 0 Å². The van der Waals surface area contributed by atoms with E-state index in [1.165, 1.54) is 0 Å². The highest BCUT2D eigenvalue weighted by atomic mass is 16.2. The summed E-state index contributed by atoms with van der Waals surface area (Å²) in [6.07, 6.45) is 0.623. The molecule has 0 saturated heterocycles. The number of amides is 1. The zero-order valence-electron chi connectivity index (χ0n) is 8.66. The maximum absolute atomic E-state index is 11.5. The Morgan fingerprint density at radius 3 is 2.36 bits per heavy atom. The van der Waals surface area contributed by atoms with Crippen molar-refractivity contribution in [1.82, 2.24) is 4.90 Å². The third-order valence-corrected chi connectivity index (χ3v) is 1.97. The van der Waals surface area contributed by atoms with E-state index in [0.29, 0.717) is 12.0 Å². The summed E-state index contributed by atoms with van der Waals surface area (Å²) < 4.78 is 0. The number of likely N-dealkylation sites (N-methyl/N-ethyl adjacent to an activating group) is 1. The zero-order valence-corrected chi connectivity index (χ0v) is 8.66. The van der Waals surface area contributed by atoms with Gasteiger partial charge in [0.15, 0.2) is 0 Å². The second-order valence-corrected chi connectivity index (χ2v) is 3.47. The third-order valence-electron chi connectivity index (χ3n) is 1.97. The number of hydrogen-bond acceptors (Lipinski definition) is 1. The van der Waals surface area contributed by atoms with Gasteiger partial charge in [-0.1, -0.05) is 36.9 Å².